The number of aliphatic hydroxyl groups is 1. The van der Waals surface area contributed by atoms with Crippen LogP contribution in [0.2, 0.25) is 5.02 Å². The van der Waals surface area contributed by atoms with Crippen molar-refractivity contribution in [1.82, 2.24) is 24.3 Å². The van der Waals surface area contributed by atoms with E-state index in [1.807, 2.05) is 36.7 Å². The van der Waals surface area contributed by atoms with Crippen LogP contribution in [0.3, 0.4) is 0 Å². The van der Waals surface area contributed by atoms with Crippen LogP contribution in [0.4, 0.5) is 11.4 Å². The molecule has 2 aliphatic rings. The third-order valence-electron chi connectivity index (χ3n) is 8.59. The number of benzene rings is 2. The first-order valence-electron chi connectivity index (χ1n) is 15.0. The Hall–Kier alpha value is -4.29. The molecule has 1 atom stereocenters. The Morgan fingerprint density at radius 3 is 2.56 bits per heavy atom. The number of rotatable bonds is 7. The number of aryl methyl sites for hydroxylation is 1. The van der Waals surface area contributed by atoms with Crippen LogP contribution in [0, 0.1) is 6.92 Å². The number of β-amino-alcohol motifs (C(OH)–C–C–N with tert-alkyl or cyclic N) is 1. The van der Waals surface area contributed by atoms with E-state index in [9.17, 15) is 19.5 Å². The second kappa shape index (κ2) is 12.6. The Labute approximate surface area is 265 Å². The maximum Gasteiger partial charge on any atom is 0.291 e. The molecule has 11 nitrogen and oxygen atoms in total. The molecule has 2 amide bonds. The number of halogens is 1. The number of anilines is 2. The third kappa shape index (κ3) is 6.16. The number of carbonyl (C=O) groups is 2. The minimum atomic E-state index is -0.515. The highest BCUT2D eigenvalue weighted by Crippen LogP contribution is 2.37. The molecule has 0 radical (unpaired) electrons. The number of amides is 2. The van der Waals surface area contributed by atoms with Crippen LogP contribution in [0.25, 0.3) is 11.1 Å². The average molecular weight is 630 g/mol. The molecule has 2 aromatic heterocycles. The largest absolute Gasteiger partial charge is 0.392 e. The van der Waals surface area contributed by atoms with Gasteiger partial charge < -0.3 is 30.2 Å². The van der Waals surface area contributed by atoms with Crippen LogP contribution in [0.1, 0.15) is 49.9 Å². The Kier molecular flexibility index (Phi) is 8.61. The van der Waals surface area contributed by atoms with Crippen molar-refractivity contribution in [3.63, 3.8) is 0 Å². The molecule has 1 saturated heterocycles. The quantitative estimate of drug-likeness (QED) is 0.246. The number of hydrogen-bond acceptors (Lipinski definition) is 7. The van der Waals surface area contributed by atoms with Gasteiger partial charge in [-0.3, -0.25) is 19.3 Å². The fourth-order valence-electron chi connectivity index (χ4n) is 6.17. The molecule has 234 valence electrons. The number of fused-ring (bicyclic) bond motifs is 1. The minimum absolute atomic E-state index is 0.0361. The highest BCUT2D eigenvalue weighted by Gasteiger charge is 2.24. The monoisotopic (exact) mass is 629 g/mol. The predicted octanol–water partition coefficient (Wildman–Crippen LogP) is 3.46. The lowest BCUT2D eigenvalue weighted by molar-refractivity contribution is 0.101. The lowest BCUT2D eigenvalue weighted by Crippen LogP contribution is -2.29. The summed E-state index contributed by atoms with van der Waals surface area (Å²) in [6.07, 6.45) is 2.88. The molecular weight excluding hydrogens is 594 g/mol. The molecule has 0 saturated carbocycles. The zero-order valence-corrected chi connectivity index (χ0v) is 26.2. The van der Waals surface area contributed by atoms with Gasteiger partial charge in [-0.1, -0.05) is 35.9 Å². The van der Waals surface area contributed by atoms with Crippen molar-refractivity contribution in [3.8, 4) is 11.1 Å². The predicted molar refractivity (Wildman–Crippen MR) is 174 cm³/mol. The van der Waals surface area contributed by atoms with Gasteiger partial charge in [-0.25, -0.2) is 4.98 Å². The average Bonchev–Trinajstić information content (AvgIpc) is 3.59. The second-order valence-corrected chi connectivity index (χ2v) is 12.1. The SMILES string of the molecule is Cc1c(NC(=O)c2cc(CN3CC[C@@H](O)C3)cn(C)c2=O)cccc1-c1cccc(NC(=O)c2nc3c(n2C)CCNC3)c1Cl. The summed E-state index contributed by atoms with van der Waals surface area (Å²) < 4.78 is 3.25. The number of hydrogen-bond donors (Lipinski definition) is 4. The molecule has 0 spiro atoms. The van der Waals surface area contributed by atoms with Crippen molar-refractivity contribution in [2.45, 2.75) is 39.0 Å². The van der Waals surface area contributed by atoms with Crippen molar-refractivity contribution in [2.75, 3.05) is 30.3 Å². The normalized spacial score (nSPS) is 16.4. The summed E-state index contributed by atoms with van der Waals surface area (Å²) in [5.74, 6) is -0.549. The van der Waals surface area contributed by atoms with Crippen molar-refractivity contribution < 1.29 is 14.7 Å². The summed E-state index contributed by atoms with van der Waals surface area (Å²) in [7, 11) is 3.47. The van der Waals surface area contributed by atoms with E-state index in [-0.39, 0.29) is 17.6 Å². The minimum Gasteiger partial charge on any atom is -0.392 e. The first kappa shape index (κ1) is 30.7. The van der Waals surface area contributed by atoms with Gasteiger partial charge in [-0.05, 0) is 48.2 Å². The van der Waals surface area contributed by atoms with E-state index in [1.165, 1.54) is 4.57 Å². The number of nitrogens with zero attached hydrogens (tertiary/aromatic N) is 4. The molecule has 0 aliphatic carbocycles. The Morgan fingerprint density at radius 1 is 1.09 bits per heavy atom. The fourth-order valence-corrected chi connectivity index (χ4v) is 6.45. The molecular formula is C33H36ClN7O4. The first-order chi connectivity index (χ1) is 21.6. The summed E-state index contributed by atoms with van der Waals surface area (Å²) in [5, 5.41) is 19.3. The smallest absolute Gasteiger partial charge is 0.291 e. The lowest BCUT2D eigenvalue weighted by atomic mass is 9.98. The van der Waals surface area contributed by atoms with Gasteiger partial charge in [0.25, 0.3) is 17.4 Å². The molecule has 45 heavy (non-hydrogen) atoms. The van der Waals surface area contributed by atoms with E-state index in [2.05, 4.69) is 25.8 Å². The third-order valence-corrected chi connectivity index (χ3v) is 9.00. The summed E-state index contributed by atoms with van der Waals surface area (Å²) in [4.78, 5) is 46.3. The zero-order valence-electron chi connectivity index (χ0n) is 25.5. The van der Waals surface area contributed by atoms with E-state index >= 15 is 0 Å². The summed E-state index contributed by atoms with van der Waals surface area (Å²) in [6, 6.07) is 12.5. The number of pyridine rings is 1. The fraction of sp³-hybridized carbons (Fsp3) is 0.333. The molecule has 0 bridgehead atoms. The van der Waals surface area contributed by atoms with Gasteiger partial charge >= 0.3 is 0 Å². The van der Waals surface area contributed by atoms with Gasteiger partial charge in [0.1, 0.15) is 5.56 Å². The van der Waals surface area contributed by atoms with Crippen LogP contribution in [0.5, 0.6) is 0 Å². The number of aliphatic hydroxyl groups excluding tert-OH is 1. The van der Waals surface area contributed by atoms with E-state index in [1.54, 1.807) is 37.5 Å². The maximum atomic E-state index is 13.4. The topological polar surface area (TPSA) is 134 Å². The van der Waals surface area contributed by atoms with Gasteiger partial charge in [0.05, 0.1) is 22.5 Å². The van der Waals surface area contributed by atoms with E-state index < -0.39 is 11.5 Å². The van der Waals surface area contributed by atoms with Crippen molar-refractivity contribution in [2.24, 2.45) is 14.1 Å². The molecule has 6 rings (SSSR count). The Balaban J connectivity index is 1.23. The molecule has 1 fully saturated rings. The van der Waals surface area contributed by atoms with Crippen molar-refractivity contribution in [3.05, 3.63) is 97.9 Å². The first-order valence-corrected chi connectivity index (χ1v) is 15.3. The van der Waals surface area contributed by atoms with E-state index in [4.69, 9.17) is 11.6 Å². The molecule has 2 aliphatic heterocycles. The summed E-state index contributed by atoms with van der Waals surface area (Å²) in [6.45, 7) is 5.19. The highest BCUT2D eigenvalue weighted by atomic mass is 35.5. The van der Waals surface area contributed by atoms with Crippen molar-refractivity contribution in [1.29, 1.82) is 0 Å². The zero-order chi connectivity index (χ0) is 31.8. The van der Waals surface area contributed by atoms with E-state index in [0.29, 0.717) is 53.8 Å². The molecule has 2 aromatic carbocycles. The molecule has 0 unspecified atom stereocenters. The van der Waals surface area contributed by atoms with Crippen molar-refractivity contribution >= 4 is 34.8 Å². The summed E-state index contributed by atoms with van der Waals surface area (Å²) >= 11 is 6.87. The van der Waals surface area contributed by atoms with Gasteiger partial charge in [0.15, 0.2) is 5.82 Å². The Bertz CT molecular complexity index is 1860. The van der Waals surface area contributed by atoms with Crippen LogP contribution in [-0.4, -0.2) is 61.7 Å². The van der Waals surface area contributed by atoms with Gasteiger partial charge in [0.2, 0.25) is 0 Å². The molecule has 4 heterocycles. The molecule has 12 heteroatoms. The van der Waals surface area contributed by atoms with Crippen LogP contribution < -0.4 is 21.5 Å². The second-order valence-electron chi connectivity index (χ2n) is 11.7. The standard InChI is InChI=1S/C33H36ClN7O4/c1-19-22(23-7-5-9-26(29(23)34)38-32(44)30-36-27-15-35-12-10-28(27)40(30)3)6-4-8-25(19)37-31(43)24-14-20(16-39(2)33(24)45)17-41-13-11-21(42)18-41/h4-9,14,16,21,35,42H,10-13,15,17-18H2,1-3H3,(H,37,43)(H,38,44)/t21-/m1/s1. The molecule has 4 N–H and O–H groups in total. The number of carbonyl (C=O) groups excluding carboxylic acids is 2. The Morgan fingerprint density at radius 2 is 1.82 bits per heavy atom. The number of aromatic nitrogens is 3. The van der Waals surface area contributed by atoms with Crippen LogP contribution >= 0.6 is 11.6 Å². The number of likely N-dealkylation sites (tertiary alicyclic amines) is 1. The lowest BCUT2D eigenvalue weighted by Gasteiger charge is -2.17. The number of imidazole rings is 1. The summed E-state index contributed by atoms with van der Waals surface area (Å²) in [5.41, 5.74) is 5.54. The van der Waals surface area contributed by atoms with Gasteiger partial charge in [-0.15, -0.1) is 0 Å². The van der Waals surface area contributed by atoms with E-state index in [0.717, 1.165) is 47.6 Å². The van der Waals surface area contributed by atoms with Gasteiger partial charge in [0, 0.05) is 76.4 Å². The molecule has 4 aromatic rings. The van der Waals surface area contributed by atoms with Crippen LogP contribution in [0.15, 0.2) is 53.5 Å². The van der Waals surface area contributed by atoms with Gasteiger partial charge in [-0.2, -0.15) is 0 Å². The number of nitrogens with one attached hydrogen (secondary N) is 3. The highest BCUT2D eigenvalue weighted by molar-refractivity contribution is 6.36. The van der Waals surface area contributed by atoms with Crippen LogP contribution in [-0.2, 0) is 33.6 Å². The maximum absolute atomic E-state index is 13.4.